The summed E-state index contributed by atoms with van der Waals surface area (Å²) in [7, 11) is 0. The minimum Gasteiger partial charge on any atom is -0.388 e. The van der Waals surface area contributed by atoms with Gasteiger partial charge in [-0.15, -0.1) is 0 Å². The topological polar surface area (TPSA) is 76.3 Å². The van der Waals surface area contributed by atoms with Gasteiger partial charge in [-0.2, -0.15) is 0 Å². The third-order valence-corrected chi connectivity index (χ3v) is 3.14. The molecule has 0 aliphatic carbocycles. The van der Waals surface area contributed by atoms with Gasteiger partial charge in [-0.3, -0.25) is 4.90 Å². The zero-order valence-corrected chi connectivity index (χ0v) is 11.8. The van der Waals surface area contributed by atoms with Crippen molar-refractivity contribution in [2.45, 2.75) is 13.0 Å². The first-order valence-electron chi connectivity index (χ1n) is 6.34. The number of anilines is 1. The Morgan fingerprint density at radius 3 is 2.84 bits per heavy atom. The number of hydrogen-bond acceptors (Lipinski definition) is 6. The first-order chi connectivity index (χ1) is 9.16. The van der Waals surface area contributed by atoms with Crippen molar-refractivity contribution < 1.29 is 4.74 Å². The van der Waals surface area contributed by atoms with E-state index >= 15 is 0 Å². The second-order valence-electron chi connectivity index (χ2n) is 4.58. The highest BCUT2D eigenvalue weighted by molar-refractivity contribution is 7.80. The van der Waals surface area contributed by atoms with Crippen LogP contribution < -0.4 is 11.1 Å². The van der Waals surface area contributed by atoms with Gasteiger partial charge in [0.15, 0.2) is 5.82 Å². The molecule has 1 aromatic heterocycles. The van der Waals surface area contributed by atoms with Gasteiger partial charge in [0.05, 0.1) is 13.2 Å². The second-order valence-corrected chi connectivity index (χ2v) is 5.02. The van der Waals surface area contributed by atoms with E-state index in [1.807, 2.05) is 0 Å². The van der Waals surface area contributed by atoms with Crippen LogP contribution in [0.15, 0.2) is 12.4 Å². The van der Waals surface area contributed by atoms with Crippen molar-refractivity contribution in [1.29, 1.82) is 0 Å². The highest BCUT2D eigenvalue weighted by Crippen LogP contribution is 2.10. The van der Waals surface area contributed by atoms with Gasteiger partial charge in [-0.05, 0) is 6.92 Å². The van der Waals surface area contributed by atoms with Crippen LogP contribution in [0, 0.1) is 0 Å². The van der Waals surface area contributed by atoms with Crippen molar-refractivity contribution in [2.75, 3.05) is 38.2 Å². The Bertz CT molecular complexity index is 436. The van der Waals surface area contributed by atoms with E-state index in [0.29, 0.717) is 11.5 Å². The van der Waals surface area contributed by atoms with Gasteiger partial charge in [0.1, 0.15) is 10.7 Å². The van der Waals surface area contributed by atoms with E-state index in [0.717, 1.165) is 32.8 Å². The van der Waals surface area contributed by atoms with E-state index in [1.165, 1.54) is 0 Å². The summed E-state index contributed by atoms with van der Waals surface area (Å²) in [4.78, 5) is 11.0. The summed E-state index contributed by atoms with van der Waals surface area (Å²) in [6, 6.07) is 0.239. The first-order valence-corrected chi connectivity index (χ1v) is 6.75. The van der Waals surface area contributed by atoms with Crippen LogP contribution in [0.1, 0.15) is 12.6 Å². The molecule has 0 saturated carbocycles. The average Bonchev–Trinajstić information content (AvgIpc) is 2.40. The average molecular weight is 281 g/mol. The molecule has 1 aromatic rings. The summed E-state index contributed by atoms with van der Waals surface area (Å²) < 4.78 is 5.33. The highest BCUT2D eigenvalue weighted by atomic mass is 32.1. The van der Waals surface area contributed by atoms with Crippen molar-refractivity contribution in [3.8, 4) is 0 Å². The van der Waals surface area contributed by atoms with Gasteiger partial charge in [0.25, 0.3) is 0 Å². The molecule has 1 unspecified atom stereocenters. The molecule has 0 aromatic carbocycles. The SMILES string of the molecule is CC(CN1CCOCC1)Nc1nccnc1C(N)=S. The fourth-order valence-electron chi connectivity index (χ4n) is 2.07. The number of nitrogens with one attached hydrogen (secondary N) is 1. The van der Waals surface area contributed by atoms with Crippen LogP contribution in [0.2, 0.25) is 0 Å². The molecule has 1 saturated heterocycles. The van der Waals surface area contributed by atoms with E-state index in [9.17, 15) is 0 Å². The summed E-state index contributed by atoms with van der Waals surface area (Å²) in [6.45, 7) is 6.57. The van der Waals surface area contributed by atoms with Crippen molar-refractivity contribution in [2.24, 2.45) is 5.73 Å². The van der Waals surface area contributed by atoms with Gasteiger partial charge in [0.2, 0.25) is 0 Å². The quantitative estimate of drug-likeness (QED) is 0.749. The lowest BCUT2D eigenvalue weighted by atomic mass is 10.2. The fourth-order valence-corrected chi connectivity index (χ4v) is 2.22. The Morgan fingerprint density at radius 2 is 2.16 bits per heavy atom. The Hall–Kier alpha value is -1.31. The smallest absolute Gasteiger partial charge is 0.155 e. The van der Waals surface area contributed by atoms with Crippen molar-refractivity contribution in [1.82, 2.24) is 14.9 Å². The number of morpholine rings is 1. The van der Waals surface area contributed by atoms with E-state index in [4.69, 9.17) is 22.7 Å². The lowest BCUT2D eigenvalue weighted by molar-refractivity contribution is 0.0368. The van der Waals surface area contributed by atoms with Gasteiger partial charge in [-0.25, -0.2) is 9.97 Å². The molecule has 19 heavy (non-hydrogen) atoms. The van der Waals surface area contributed by atoms with E-state index in [-0.39, 0.29) is 11.0 Å². The number of hydrogen-bond donors (Lipinski definition) is 2. The summed E-state index contributed by atoms with van der Waals surface area (Å²) in [5, 5.41) is 3.32. The normalized spacial score (nSPS) is 17.9. The van der Waals surface area contributed by atoms with Crippen LogP contribution in [0.25, 0.3) is 0 Å². The molecule has 1 atom stereocenters. The van der Waals surface area contributed by atoms with E-state index < -0.39 is 0 Å². The number of thiocarbonyl (C=S) groups is 1. The molecule has 1 aliphatic heterocycles. The van der Waals surface area contributed by atoms with Crippen molar-refractivity contribution in [3.63, 3.8) is 0 Å². The van der Waals surface area contributed by atoms with Crippen LogP contribution in [-0.2, 0) is 4.74 Å². The summed E-state index contributed by atoms with van der Waals surface area (Å²) in [5.74, 6) is 0.649. The van der Waals surface area contributed by atoms with E-state index in [1.54, 1.807) is 12.4 Å². The molecule has 0 bridgehead atoms. The highest BCUT2D eigenvalue weighted by Gasteiger charge is 2.15. The van der Waals surface area contributed by atoms with Crippen LogP contribution in [0.4, 0.5) is 5.82 Å². The molecule has 0 amide bonds. The van der Waals surface area contributed by atoms with Crippen LogP contribution in [0.3, 0.4) is 0 Å². The Labute approximate surface area is 118 Å². The second kappa shape index (κ2) is 6.74. The third-order valence-electron chi connectivity index (χ3n) is 2.95. The van der Waals surface area contributed by atoms with Crippen molar-refractivity contribution >= 4 is 23.0 Å². The third kappa shape index (κ3) is 4.09. The first kappa shape index (κ1) is 14.1. The van der Waals surface area contributed by atoms with Crippen LogP contribution in [-0.4, -0.2) is 58.7 Å². The zero-order chi connectivity index (χ0) is 13.7. The lowest BCUT2D eigenvalue weighted by Crippen LogP contribution is -2.42. The molecule has 3 N–H and O–H groups in total. The lowest BCUT2D eigenvalue weighted by Gasteiger charge is -2.29. The Balaban J connectivity index is 1.94. The molecule has 1 aliphatic rings. The van der Waals surface area contributed by atoms with Gasteiger partial charge in [0, 0.05) is 38.1 Å². The maximum absolute atomic E-state index is 5.64. The number of ether oxygens (including phenoxy) is 1. The largest absolute Gasteiger partial charge is 0.388 e. The van der Waals surface area contributed by atoms with Gasteiger partial charge in [-0.1, -0.05) is 12.2 Å². The van der Waals surface area contributed by atoms with Crippen LogP contribution in [0.5, 0.6) is 0 Å². The molecule has 2 rings (SSSR count). The zero-order valence-electron chi connectivity index (χ0n) is 11.0. The standard InChI is InChI=1S/C12H19N5OS/c1-9(8-17-4-6-18-7-5-17)16-12-10(11(13)19)14-2-3-15-12/h2-3,9H,4-8H2,1H3,(H2,13,19)(H,15,16). The molecular formula is C12H19N5OS. The monoisotopic (exact) mass is 281 g/mol. The van der Waals surface area contributed by atoms with Crippen LogP contribution >= 0.6 is 12.2 Å². The summed E-state index contributed by atoms with van der Waals surface area (Å²) in [6.07, 6.45) is 3.22. The molecule has 2 heterocycles. The molecule has 7 heteroatoms. The fraction of sp³-hybridized carbons (Fsp3) is 0.583. The van der Waals surface area contributed by atoms with Gasteiger partial charge >= 0.3 is 0 Å². The predicted octanol–water partition coefficient (Wildman–Crippen LogP) is 0.243. The summed E-state index contributed by atoms with van der Waals surface area (Å²) in [5.41, 5.74) is 6.18. The maximum atomic E-state index is 5.64. The summed E-state index contributed by atoms with van der Waals surface area (Å²) >= 11 is 4.97. The number of rotatable bonds is 5. The van der Waals surface area contributed by atoms with Gasteiger partial charge < -0.3 is 15.8 Å². The molecular weight excluding hydrogens is 262 g/mol. The number of nitrogens with two attached hydrogens (primary N) is 1. The minimum absolute atomic E-state index is 0.239. The van der Waals surface area contributed by atoms with E-state index in [2.05, 4.69) is 27.1 Å². The number of aromatic nitrogens is 2. The molecule has 0 spiro atoms. The Morgan fingerprint density at radius 1 is 1.47 bits per heavy atom. The predicted molar refractivity (Wildman–Crippen MR) is 78.3 cm³/mol. The maximum Gasteiger partial charge on any atom is 0.155 e. The number of nitrogens with zero attached hydrogens (tertiary/aromatic N) is 3. The molecule has 6 nitrogen and oxygen atoms in total. The van der Waals surface area contributed by atoms with Crippen molar-refractivity contribution in [3.05, 3.63) is 18.1 Å². The minimum atomic E-state index is 0.239. The Kier molecular flexibility index (Phi) is 5.00. The molecule has 1 fully saturated rings. The molecule has 0 radical (unpaired) electrons. The molecule has 104 valence electrons.